The van der Waals surface area contributed by atoms with Crippen LogP contribution in [0.1, 0.15) is 34.7 Å². The van der Waals surface area contributed by atoms with Crippen LogP contribution < -0.4 is 24.4 Å². The highest BCUT2D eigenvalue weighted by Crippen LogP contribution is 2.42. The van der Waals surface area contributed by atoms with E-state index in [1.54, 1.807) is 26.6 Å². The first kappa shape index (κ1) is 21.6. The van der Waals surface area contributed by atoms with Gasteiger partial charge in [0.15, 0.2) is 16.3 Å². The predicted molar refractivity (Wildman–Crippen MR) is 137 cm³/mol. The molecule has 2 aliphatic rings. The number of aryl methyl sites for hydroxylation is 1. The number of pyridine rings is 1. The minimum absolute atomic E-state index is 0.0530. The molecule has 0 saturated carbocycles. The van der Waals surface area contributed by atoms with Crippen LogP contribution in [0.15, 0.2) is 82.4 Å². The van der Waals surface area contributed by atoms with Gasteiger partial charge in [0.1, 0.15) is 0 Å². The molecular weight excluding hydrogens is 458 g/mol. The summed E-state index contributed by atoms with van der Waals surface area (Å²) >= 11 is 1.41. The molecule has 0 radical (unpaired) electrons. The van der Waals surface area contributed by atoms with Gasteiger partial charge in [0.25, 0.3) is 5.56 Å². The Kier molecular flexibility index (Phi) is 5.34. The summed E-state index contributed by atoms with van der Waals surface area (Å²) in [5, 5.41) is 0. The lowest BCUT2D eigenvalue weighted by molar-refractivity contribution is 0.354. The third-order valence-electron chi connectivity index (χ3n) is 6.58. The average Bonchev–Trinajstić information content (AvgIpc) is 3.21. The smallest absolute Gasteiger partial charge is 0.271 e. The molecule has 1 aliphatic heterocycles. The van der Waals surface area contributed by atoms with Crippen LogP contribution in [-0.4, -0.2) is 23.8 Å². The van der Waals surface area contributed by atoms with Gasteiger partial charge in [-0.15, -0.1) is 0 Å². The standard InChI is InChI=1S/C28H23N3O3S/c1-33-22-12-10-19(15-23(22)34-2)26-21-11-9-18-7-3-4-8-20(18)25(21)30-28-31(26)27(32)24(35-28)14-17-6-5-13-29-16-17/h3-8,10,12-16,26H,9,11H2,1-2H3/b24-14-/t26-/m0/s1. The van der Waals surface area contributed by atoms with Crippen molar-refractivity contribution in [1.82, 2.24) is 9.55 Å². The lowest BCUT2D eigenvalue weighted by Crippen LogP contribution is -2.38. The van der Waals surface area contributed by atoms with E-state index in [2.05, 4.69) is 23.2 Å². The Morgan fingerprint density at radius 3 is 2.69 bits per heavy atom. The second-order valence-corrected chi connectivity index (χ2v) is 9.52. The van der Waals surface area contributed by atoms with Gasteiger partial charge in [-0.2, -0.15) is 0 Å². The van der Waals surface area contributed by atoms with Crippen molar-refractivity contribution in [3.05, 3.63) is 115 Å². The van der Waals surface area contributed by atoms with Crippen LogP contribution in [0.25, 0.3) is 11.8 Å². The first-order valence-corrected chi connectivity index (χ1v) is 12.2. The van der Waals surface area contributed by atoms with Crippen LogP contribution in [0.4, 0.5) is 0 Å². The van der Waals surface area contributed by atoms with Crippen LogP contribution in [0.5, 0.6) is 11.5 Å². The van der Waals surface area contributed by atoms with Crippen molar-refractivity contribution in [1.29, 1.82) is 0 Å². The molecule has 0 unspecified atom stereocenters. The van der Waals surface area contributed by atoms with Crippen molar-refractivity contribution in [3.8, 4) is 11.5 Å². The van der Waals surface area contributed by atoms with E-state index >= 15 is 0 Å². The van der Waals surface area contributed by atoms with E-state index in [1.807, 2.05) is 47.0 Å². The Balaban J connectivity index is 1.63. The third kappa shape index (κ3) is 3.59. The zero-order valence-corrected chi connectivity index (χ0v) is 20.2. The van der Waals surface area contributed by atoms with Gasteiger partial charge in [-0.1, -0.05) is 47.7 Å². The lowest BCUT2D eigenvalue weighted by atomic mass is 9.83. The maximum absolute atomic E-state index is 13.8. The number of methoxy groups -OCH3 is 2. The van der Waals surface area contributed by atoms with E-state index in [-0.39, 0.29) is 11.6 Å². The molecule has 0 amide bonds. The second-order valence-electron chi connectivity index (χ2n) is 8.51. The van der Waals surface area contributed by atoms with Gasteiger partial charge in [-0.05, 0) is 59.4 Å². The van der Waals surface area contributed by atoms with E-state index in [4.69, 9.17) is 14.5 Å². The van der Waals surface area contributed by atoms with Crippen LogP contribution >= 0.6 is 11.3 Å². The maximum Gasteiger partial charge on any atom is 0.271 e. The summed E-state index contributed by atoms with van der Waals surface area (Å²) in [6, 6.07) is 17.8. The van der Waals surface area contributed by atoms with Gasteiger partial charge in [-0.25, -0.2) is 4.99 Å². The summed E-state index contributed by atoms with van der Waals surface area (Å²) in [5.41, 5.74) is 6.35. The quantitative estimate of drug-likeness (QED) is 0.446. The van der Waals surface area contributed by atoms with Gasteiger partial charge >= 0.3 is 0 Å². The first-order valence-electron chi connectivity index (χ1n) is 11.4. The van der Waals surface area contributed by atoms with Crippen molar-refractivity contribution in [3.63, 3.8) is 0 Å². The summed E-state index contributed by atoms with van der Waals surface area (Å²) in [5.74, 6) is 1.29. The van der Waals surface area contributed by atoms with Crippen molar-refractivity contribution in [2.45, 2.75) is 18.9 Å². The molecule has 1 aliphatic carbocycles. The largest absolute Gasteiger partial charge is 0.493 e. The number of benzene rings is 2. The minimum atomic E-state index is -0.273. The van der Waals surface area contributed by atoms with E-state index in [1.165, 1.54) is 16.9 Å². The summed E-state index contributed by atoms with van der Waals surface area (Å²) in [6.45, 7) is 0. The molecule has 0 spiro atoms. The van der Waals surface area contributed by atoms with Gasteiger partial charge in [0, 0.05) is 18.0 Å². The summed E-state index contributed by atoms with van der Waals surface area (Å²) in [6.07, 6.45) is 7.11. The molecule has 0 bridgehead atoms. The zero-order valence-electron chi connectivity index (χ0n) is 19.4. The van der Waals surface area contributed by atoms with E-state index in [9.17, 15) is 4.79 Å². The fourth-order valence-electron chi connectivity index (χ4n) is 4.96. The average molecular weight is 482 g/mol. The first-order chi connectivity index (χ1) is 17.2. The van der Waals surface area contributed by atoms with Crippen LogP contribution in [0.3, 0.4) is 0 Å². The normalized spacial score (nSPS) is 16.7. The number of hydrogen-bond donors (Lipinski definition) is 0. The number of nitrogens with zero attached hydrogens (tertiary/aromatic N) is 3. The van der Waals surface area contributed by atoms with Crippen molar-refractivity contribution in [2.24, 2.45) is 4.99 Å². The van der Waals surface area contributed by atoms with Crippen molar-refractivity contribution < 1.29 is 9.47 Å². The summed E-state index contributed by atoms with van der Waals surface area (Å²) in [7, 11) is 3.25. The van der Waals surface area contributed by atoms with Crippen LogP contribution in [0.2, 0.25) is 0 Å². The van der Waals surface area contributed by atoms with Gasteiger partial charge in [-0.3, -0.25) is 14.3 Å². The minimum Gasteiger partial charge on any atom is -0.493 e. The fourth-order valence-corrected chi connectivity index (χ4v) is 5.96. The fraction of sp³-hybridized carbons (Fsp3) is 0.179. The number of ether oxygens (including phenoxy) is 2. The van der Waals surface area contributed by atoms with Crippen LogP contribution in [-0.2, 0) is 6.42 Å². The highest BCUT2D eigenvalue weighted by atomic mass is 32.1. The van der Waals surface area contributed by atoms with Crippen molar-refractivity contribution in [2.75, 3.05) is 14.2 Å². The number of aromatic nitrogens is 2. The zero-order chi connectivity index (χ0) is 23.9. The third-order valence-corrected chi connectivity index (χ3v) is 7.56. The molecule has 35 heavy (non-hydrogen) atoms. The molecule has 2 aromatic carbocycles. The second kappa shape index (κ2) is 8.67. The number of thiazole rings is 1. The number of hydrogen-bond acceptors (Lipinski definition) is 6. The summed E-state index contributed by atoms with van der Waals surface area (Å²) in [4.78, 5) is 23.7. The number of allylic oxidation sites excluding steroid dienone is 1. The molecular formula is C28H23N3O3S. The predicted octanol–water partition coefficient (Wildman–Crippen LogP) is 3.73. The molecule has 3 heterocycles. The van der Waals surface area contributed by atoms with E-state index in [0.29, 0.717) is 20.8 Å². The Hall–Kier alpha value is -3.97. The Morgan fingerprint density at radius 1 is 1.03 bits per heavy atom. The molecule has 2 aromatic heterocycles. The van der Waals surface area contributed by atoms with Gasteiger partial charge in [0.2, 0.25) is 0 Å². The molecule has 0 fully saturated rings. The lowest BCUT2D eigenvalue weighted by Gasteiger charge is -2.31. The van der Waals surface area contributed by atoms with Crippen molar-refractivity contribution >= 4 is 23.1 Å². The van der Waals surface area contributed by atoms with Gasteiger partial charge < -0.3 is 9.47 Å². The highest BCUT2D eigenvalue weighted by molar-refractivity contribution is 7.07. The Bertz CT molecular complexity index is 1650. The Morgan fingerprint density at radius 2 is 1.89 bits per heavy atom. The molecule has 4 aromatic rings. The summed E-state index contributed by atoms with van der Waals surface area (Å²) < 4.78 is 13.5. The molecule has 0 saturated heterocycles. The number of rotatable bonds is 4. The Labute approximate surface area is 206 Å². The van der Waals surface area contributed by atoms with E-state index in [0.717, 1.165) is 40.8 Å². The molecule has 174 valence electrons. The van der Waals surface area contributed by atoms with E-state index < -0.39 is 0 Å². The molecule has 1 atom stereocenters. The molecule has 6 nitrogen and oxygen atoms in total. The monoisotopic (exact) mass is 481 g/mol. The SMILES string of the molecule is COc1ccc([C@H]2C3=C(N=c4s/c(=C\c5cccnc5)c(=O)n42)c2ccccc2CC3)cc1OC. The molecule has 0 N–H and O–H groups in total. The number of fused-ring (bicyclic) bond motifs is 3. The van der Waals surface area contributed by atoms with Gasteiger partial charge in [0.05, 0.1) is 30.5 Å². The highest BCUT2D eigenvalue weighted by Gasteiger charge is 2.33. The molecule has 6 rings (SSSR count). The maximum atomic E-state index is 13.8. The van der Waals surface area contributed by atoms with Crippen LogP contribution in [0, 0.1) is 0 Å². The molecule has 7 heteroatoms. The topological polar surface area (TPSA) is 65.7 Å².